The van der Waals surface area contributed by atoms with Gasteiger partial charge in [0.05, 0.1) is 5.75 Å². The van der Waals surface area contributed by atoms with Gasteiger partial charge in [-0.2, -0.15) is 0 Å². The first-order chi connectivity index (χ1) is 8.95. The first-order valence-corrected chi connectivity index (χ1v) is 7.87. The van der Waals surface area contributed by atoms with Crippen LogP contribution in [-0.2, 0) is 19.9 Å². The molecule has 11 heteroatoms. The van der Waals surface area contributed by atoms with Crippen molar-refractivity contribution in [3.05, 3.63) is 35.9 Å². The van der Waals surface area contributed by atoms with E-state index in [-0.39, 0.29) is 0 Å². The molecule has 0 amide bonds. The zero-order valence-electron chi connectivity index (χ0n) is 9.53. The summed E-state index contributed by atoms with van der Waals surface area (Å²) in [6.07, 6.45) is 0.734. The number of rotatable bonds is 4. The lowest BCUT2D eigenvalue weighted by Crippen LogP contribution is -2.21. The van der Waals surface area contributed by atoms with Crippen LogP contribution in [0.2, 0.25) is 0 Å². The summed E-state index contributed by atoms with van der Waals surface area (Å²) in [7, 11) is -9.89. The molecule has 2 N–H and O–H groups in total. The van der Waals surface area contributed by atoms with E-state index in [1.54, 1.807) is 0 Å². The number of hydrogen-bond acceptors (Lipinski definition) is 4. The average molecular weight is 333 g/mol. The topological polar surface area (TPSA) is 94.3 Å². The fourth-order valence-electron chi connectivity index (χ4n) is 1.35. The third kappa shape index (κ3) is 2.69. The molecule has 0 aliphatic carbocycles. The molecule has 0 saturated carbocycles. The van der Waals surface area contributed by atoms with Crippen molar-refractivity contribution < 1.29 is 34.4 Å². The van der Waals surface area contributed by atoms with Crippen molar-refractivity contribution in [3.8, 4) is 0 Å². The van der Waals surface area contributed by atoms with Crippen LogP contribution in [0.4, 0.5) is 17.6 Å². The lowest BCUT2D eigenvalue weighted by molar-refractivity contribution is 0.390. The van der Waals surface area contributed by atoms with Crippen molar-refractivity contribution >= 4 is 19.9 Å². The molecule has 0 bridgehead atoms. The fraction of sp³-hybridized carbons (Fsp3) is 0.111. The molecule has 0 aliphatic rings. The maximum absolute atomic E-state index is 13.5. The molecule has 0 atom stereocenters. The van der Waals surface area contributed by atoms with Crippen LogP contribution < -0.4 is 5.14 Å². The minimum absolute atomic E-state index is 0.734. The molecule has 0 heterocycles. The highest BCUT2D eigenvalue weighted by molar-refractivity contribution is 7.91. The number of sulfonamides is 1. The number of halogens is 4. The third-order valence-corrected chi connectivity index (χ3v) is 4.70. The van der Waals surface area contributed by atoms with Crippen LogP contribution >= 0.6 is 0 Å². The highest BCUT2D eigenvalue weighted by Gasteiger charge is 2.35. The second kappa shape index (κ2) is 5.14. The summed E-state index contributed by atoms with van der Waals surface area (Å²) in [5.74, 6) is -10.6. The molecule has 112 valence electrons. The standard InChI is InChI=1S/C9H7F4NO4S2/c1-2-3-19(15,16)8-4(10)6(12)9(20(14,17)18)7(13)5(8)11/h2H,1,3H2,(H2,14,17,18). The molecule has 1 aromatic carbocycles. The molecule has 0 aliphatic heterocycles. The van der Waals surface area contributed by atoms with Gasteiger partial charge in [0.15, 0.2) is 38.0 Å². The van der Waals surface area contributed by atoms with E-state index in [9.17, 15) is 34.4 Å². The highest BCUT2D eigenvalue weighted by Crippen LogP contribution is 2.30. The number of benzene rings is 1. The van der Waals surface area contributed by atoms with E-state index in [0.717, 1.165) is 6.08 Å². The smallest absolute Gasteiger partial charge is 0.224 e. The average Bonchev–Trinajstić information content (AvgIpc) is 2.24. The molecular weight excluding hydrogens is 326 g/mol. The van der Waals surface area contributed by atoms with E-state index in [1.165, 1.54) is 0 Å². The van der Waals surface area contributed by atoms with Crippen molar-refractivity contribution in [2.75, 3.05) is 5.75 Å². The maximum Gasteiger partial charge on any atom is 0.244 e. The Morgan fingerprint density at radius 2 is 1.25 bits per heavy atom. The molecular formula is C9H7F4NO4S2. The Labute approximate surface area is 111 Å². The van der Waals surface area contributed by atoms with Crippen LogP contribution in [0.1, 0.15) is 0 Å². The Bertz CT molecular complexity index is 758. The molecule has 0 radical (unpaired) electrons. The van der Waals surface area contributed by atoms with Crippen molar-refractivity contribution in [1.82, 2.24) is 0 Å². The SMILES string of the molecule is C=CCS(=O)(=O)c1c(F)c(F)c(S(N)(=O)=O)c(F)c1F. The first kappa shape index (κ1) is 16.6. The Hall–Kier alpha value is -1.46. The van der Waals surface area contributed by atoms with Gasteiger partial charge in [-0.1, -0.05) is 6.08 Å². The number of sulfone groups is 1. The van der Waals surface area contributed by atoms with Gasteiger partial charge in [-0.15, -0.1) is 6.58 Å². The van der Waals surface area contributed by atoms with Crippen molar-refractivity contribution in [3.63, 3.8) is 0 Å². The summed E-state index contributed by atoms with van der Waals surface area (Å²) in [4.78, 5) is -4.00. The number of primary sulfonamides is 1. The summed E-state index contributed by atoms with van der Waals surface area (Å²) in [5.41, 5.74) is 0. The van der Waals surface area contributed by atoms with Gasteiger partial charge in [-0.25, -0.2) is 39.5 Å². The second-order valence-electron chi connectivity index (χ2n) is 3.53. The van der Waals surface area contributed by atoms with Gasteiger partial charge in [0.2, 0.25) is 10.0 Å². The zero-order valence-corrected chi connectivity index (χ0v) is 11.2. The molecule has 0 unspecified atom stereocenters. The van der Waals surface area contributed by atoms with E-state index in [4.69, 9.17) is 0 Å². The minimum Gasteiger partial charge on any atom is -0.224 e. The van der Waals surface area contributed by atoms with E-state index >= 15 is 0 Å². The minimum atomic E-state index is -5.13. The molecule has 5 nitrogen and oxygen atoms in total. The van der Waals surface area contributed by atoms with Crippen LogP contribution in [0, 0.1) is 23.3 Å². The molecule has 0 spiro atoms. The summed E-state index contributed by atoms with van der Waals surface area (Å²) in [5, 5.41) is 4.41. The lowest BCUT2D eigenvalue weighted by Gasteiger charge is -2.10. The van der Waals surface area contributed by atoms with E-state index < -0.39 is 58.7 Å². The molecule has 0 fully saturated rings. The largest absolute Gasteiger partial charge is 0.244 e. The summed E-state index contributed by atoms with van der Waals surface area (Å²) in [6.45, 7) is 3.00. The molecule has 0 aromatic heterocycles. The zero-order chi connectivity index (χ0) is 15.9. The second-order valence-corrected chi connectivity index (χ2v) is 7.00. The molecule has 1 rings (SSSR count). The van der Waals surface area contributed by atoms with Crippen molar-refractivity contribution in [1.29, 1.82) is 0 Å². The Morgan fingerprint density at radius 3 is 1.55 bits per heavy atom. The maximum atomic E-state index is 13.5. The van der Waals surface area contributed by atoms with Crippen LogP contribution in [-0.4, -0.2) is 22.6 Å². The Morgan fingerprint density at radius 1 is 0.900 bits per heavy atom. The van der Waals surface area contributed by atoms with Gasteiger partial charge < -0.3 is 0 Å². The molecule has 0 saturated heterocycles. The van der Waals surface area contributed by atoms with Crippen molar-refractivity contribution in [2.45, 2.75) is 9.79 Å². The van der Waals surface area contributed by atoms with Gasteiger partial charge >= 0.3 is 0 Å². The lowest BCUT2D eigenvalue weighted by atomic mass is 10.3. The van der Waals surface area contributed by atoms with Gasteiger partial charge in [0, 0.05) is 0 Å². The summed E-state index contributed by atoms with van der Waals surface area (Å²) >= 11 is 0. The summed E-state index contributed by atoms with van der Waals surface area (Å²) < 4.78 is 98.6. The normalized spacial score (nSPS) is 12.4. The quantitative estimate of drug-likeness (QED) is 0.502. The first-order valence-electron chi connectivity index (χ1n) is 4.67. The van der Waals surface area contributed by atoms with Crippen LogP contribution in [0.5, 0.6) is 0 Å². The van der Waals surface area contributed by atoms with Gasteiger partial charge in [0.1, 0.15) is 4.90 Å². The Balaban J connectivity index is 3.93. The van der Waals surface area contributed by atoms with Gasteiger partial charge in [-0.05, 0) is 0 Å². The van der Waals surface area contributed by atoms with E-state index in [2.05, 4.69) is 11.7 Å². The van der Waals surface area contributed by atoms with Crippen LogP contribution in [0.15, 0.2) is 22.4 Å². The predicted octanol–water partition coefficient (Wildman–Crippen LogP) is 0.850. The van der Waals surface area contributed by atoms with Gasteiger partial charge in [-0.3, -0.25) is 0 Å². The number of nitrogens with two attached hydrogens (primary N) is 1. The Kier molecular flexibility index (Phi) is 4.27. The monoisotopic (exact) mass is 333 g/mol. The van der Waals surface area contributed by atoms with Gasteiger partial charge in [0.25, 0.3) is 0 Å². The van der Waals surface area contributed by atoms with Crippen LogP contribution in [0.25, 0.3) is 0 Å². The van der Waals surface area contributed by atoms with Crippen LogP contribution in [0.3, 0.4) is 0 Å². The fourth-order valence-corrected chi connectivity index (χ4v) is 3.23. The summed E-state index contributed by atoms with van der Waals surface area (Å²) in [6, 6.07) is 0. The number of hydrogen-bond donors (Lipinski definition) is 1. The molecule has 20 heavy (non-hydrogen) atoms. The molecule has 1 aromatic rings. The predicted molar refractivity (Wildman–Crippen MR) is 59.9 cm³/mol. The highest BCUT2D eigenvalue weighted by atomic mass is 32.2. The third-order valence-electron chi connectivity index (χ3n) is 2.12. The van der Waals surface area contributed by atoms with Crippen molar-refractivity contribution in [2.24, 2.45) is 5.14 Å². The van der Waals surface area contributed by atoms with E-state index in [1.807, 2.05) is 0 Å². The van der Waals surface area contributed by atoms with E-state index in [0.29, 0.717) is 0 Å².